The Labute approximate surface area is 73.7 Å². The van der Waals surface area contributed by atoms with Gasteiger partial charge in [-0.25, -0.2) is 0 Å². The summed E-state index contributed by atoms with van der Waals surface area (Å²) in [5.74, 6) is 0.799. The van der Waals surface area contributed by atoms with E-state index in [2.05, 4.69) is 18.7 Å². The Morgan fingerprint density at radius 3 is 2.83 bits per heavy atom. The van der Waals surface area contributed by atoms with Gasteiger partial charge in [0.15, 0.2) is 0 Å². The summed E-state index contributed by atoms with van der Waals surface area (Å²) >= 11 is 0. The van der Waals surface area contributed by atoms with Gasteiger partial charge >= 0.3 is 0 Å². The Balaban J connectivity index is 2.78. The van der Waals surface area contributed by atoms with E-state index in [4.69, 9.17) is 4.74 Å². The molecular weight excluding hydrogens is 148 g/mol. The van der Waals surface area contributed by atoms with E-state index in [9.17, 15) is 0 Å². The number of hydrogen-bond acceptors (Lipinski definition) is 1. The standard InChI is InChI=1S/C11H13O/c1-4-5-12-11-7-9(2)6-10(3)8-11/h4,6-7H,1,5H2,2-3H3. The van der Waals surface area contributed by atoms with Crippen LogP contribution in [0.5, 0.6) is 5.75 Å². The molecule has 0 saturated carbocycles. The summed E-state index contributed by atoms with van der Waals surface area (Å²) in [6, 6.07) is 7.15. The maximum Gasteiger partial charge on any atom is 0.128 e. The lowest BCUT2D eigenvalue weighted by atomic mass is 10.1. The fraction of sp³-hybridized carbons (Fsp3) is 0.273. The summed E-state index contributed by atoms with van der Waals surface area (Å²) in [6.45, 7) is 8.17. The lowest BCUT2D eigenvalue weighted by Gasteiger charge is -2.04. The Hall–Kier alpha value is -1.24. The van der Waals surface area contributed by atoms with Crippen LogP contribution in [0.15, 0.2) is 24.8 Å². The molecular formula is C11H13O. The van der Waals surface area contributed by atoms with Crippen molar-refractivity contribution >= 4 is 0 Å². The van der Waals surface area contributed by atoms with Gasteiger partial charge in [0, 0.05) is 6.07 Å². The lowest BCUT2D eigenvalue weighted by Crippen LogP contribution is -1.93. The molecule has 0 saturated heterocycles. The van der Waals surface area contributed by atoms with Crippen LogP contribution >= 0.6 is 0 Å². The third-order valence-corrected chi connectivity index (χ3v) is 1.48. The Morgan fingerprint density at radius 1 is 1.50 bits per heavy atom. The zero-order chi connectivity index (χ0) is 8.97. The fourth-order valence-corrected chi connectivity index (χ4v) is 1.08. The van der Waals surface area contributed by atoms with Gasteiger partial charge in [0.05, 0.1) is 0 Å². The van der Waals surface area contributed by atoms with Crippen molar-refractivity contribution in [3.8, 4) is 5.75 Å². The SMILES string of the molecule is C=CCOc1[c]c(C)cc(C)c1. The molecule has 0 aliphatic carbocycles. The third-order valence-electron chi connectivity index (χ3n) is 1.48. The zero-order valence-electron chi connectivity index (χ0n) is 7.55. The van der Waals surface area contributed by atoms with Crippen LogP contribution in [0, 0.1) is 19.9 Å². The predicted octanol–water partition coefficient (Wildman–Crippen LogP) is 2.67. The predicted molar refractivity (Wildman–Crippen MR) is 50.4 cm³/mol. The van der Waals surface area contributed by atoms with Gasteiger partial charge in [0.25, 0.3) is 0 Å². The van der Waals surface area contributed by atoms with Crippen LogP contribution in [0.2, 0.25) is 0 Å². The second kappa shape index (κ2) is 3.96. The number of benzene rings is 1. The normalized spacial score (nSPS) is 9.50. The third kappa shape index (κ3) is 2.42. The topological polar surface area (TPSA) is 9.23 Å². The molecule has 0 spiro atoms. The molecule has 0 unspecified atom stereocenters. The maximum absolute atomic E-state index is 5.34. The van der Waals surface area contributed by atoms with Gasteiger partial charge in [-0.1, -0.05) is 18.7 Å². The highest BCUT2D eigenvalue weighted by atomic mass is 16.5. The second-order valence-electron chi connectivity index (χ2n) is 2.80. The summed E-state index contributed by atoms with van der Waals surface area (Å²) in [5, 5.41) is 0. The van der Waals surface area contributed by atoms with E-state index in [1.165, 1.54) is 5.56 Å². The molecule has 0 aromatic heterocycles. The number of aryl methyl sites for hydroxylation is 2. The number of ether oxygens (including phenoxy) is 1. The van der Waals surface area contributed by atoms with E-state index >= 15 is 0 Å². The van der Waals surface area contributed by atoms with E-state index in [1.54, 1.807) is 6.08 Å². The Bertz CT molecular complexity index is 256. The monoisotopic (exact) mass is 161 g/mol. The van der Waals surface area contributed by atoms with Crippen LogP contribution in [-0.2, 0) is 0 Å². The highest BCUT2D eigenvalue weighted by Crippen LogP contribution is 2.14. The van der Waals surface area contributed by atoms with Gasteiger partial charge < -0.3 is 4.74 Å². The second-order valence-corrected chi connectivity index (χ2v) is 2.80. The molecule has 1 aromatic rings. The van der Waals surface area contributed by atoms with Crippen LogP contribution in [0.3, 0.4) is 0 Å². The molecule has 1 rings (SSSR count). The van der Waals surface area contributed by atoms with E-state index < -0.39 is 0 Å². The average Bonchev–Trinajstić information content (AvgIpc) is 1.99. The minimum absolute atomic E-state index is 0.541. The first kappa shape index (κ1) is 8.85. The van der Waals surface area contributed by atoms with Crippen molar-refractivity contribution in [3.05, 3.63) is 42.0 Å². The van der Waals surface area contributed by atoms with Gasteiger partial charge in [0.1, 0.15) is 12.4 Å². The summed E-state index contributed by atoms with van der Waals surface area (Å²) in [7, 11) is 0. The molecule has 0 N–H and O–H groups in total. The molecule has 0 aliphatic heterocycles. The number of rotatable bonds is 3. The smallest absolute Gasteiger partial charge is 0.128 e. The first-order valence-electron chi connectivity index (χ1n) is 3.96. The van der Waals surface area contributed by atoms with E-state index in [0.29, 0.717) is 6.61 Å². The van der Waals surface area contributed by atoms with Gasteiger partial charge in [-0.3, -0.25) is 0 Å². The highest BCUT2D eigenvalue weighted by Gasteiger charge is 1.95. The maximum atomic E-state index is 5.34. The highest BCUT2D eigenvalue weighted by molar-refractivity contribution is 5.31. The van der Waals surface area contributed by atoms with Crippen molar-refractivity contribution in [3.63, 3.8) is 0 Å². The lowest BCUT2D eigenvalue weighted by molar-refractivity contribution is 0.362. The van der Waals surface area contributed by atoms with E-state index in [0.717, 1.165) is 11.3 Å². The summed E-state index contributed by atoms with van der Waals surface area (Å²) in [5.41, 5.74) is 2.30. The van der Waals surface area contributed by atoms with Crippen molar-refractivity contribution < 1.29 is 4.74 Å². The zero-order valence-corrected chi connectivity index (χ0v) is 7.55. The van der Waals surface area contributed by atoms with Gasteiger partial charge in [-0.05, 0) is 31.0 Å². The van der Waals surface area contributed by atoms with Crippen molar-refractivity contribution in [2.24, 2.45) is 0 Å². The molecule has 1 aromatic carbocycles. The minimum Gasteiger partial charge on any atom is -0.489 e. The Kier molecular flexibility index (Phi) is 2.92. The summed E-state index contributed by atoms with van der Waals surface area (Å²) in [4.78, 5) is 0. The van der Waals surface area contributed by atoms with Crippen LogP contribution in [-0.4, -0.2) is 6.61 Å². The molecule has 1 nitrogen and oxygen atoms in total. The molecule has 63 valence electrons. The molecule has 0 fully saturated rings. The summed E-state index contributed by atoms with van der Waals surface area (Å²) in [6.07, 6.45) is 1.73. The Morgan fingerprint density at radius 2 is 2.25 bits per heavy atom. The van der Waals surface area contributed by atoms with Crippen LogP contribution < -0.4 is 4.74 Å². The molecule has 0 bridgehead atoms. The van der Waals surface area contributed by atoms with Crippen molar-refractivity contribution in [2.75, 3.05) is 6.61 Å². The van der Waals surface area contributed by atoms with Crippen LogP contribution in [0.25, 0.3) is 0 Å². The molecule has 12 heavy (non-hydrogen) atoms. The molecule has 0 atom stereocenters. The van der Waals surface area contributed by atoms with Gasteiger partial charge in [-0.15, -0.1) is 0 Å². The molecule has 0 amide bonds. The largest absolute Gasteiger partial charge is 0.489 e. The van der Waals surface area contributed by atoms with Crippen molar-refractivity contribution in [2.45, 2.75) is 13.8 Å². The van der Waals surface area contributed by atoms with E-state index in [1.807, 2.05) is 19.9 Å². The van der Waals surface area contributed by atoms with Crippen LogP contribution in [0.1, 0.15) is 11.1 Å². The molecule has 1 heteroatoms. The summed E-state index contributed by atoms with van der Waals surface area (Å²) < 4.78 is 5.34. The minimum atomic E-state index is 0.541. The molecule has 0 heterocycles. The first-order valence-corrected chi connectivity index (χ1v) is 3.96. The van der Waals surface area contributed by atoms with E-state index in [-0.39, 0.29) is 0 Å². The first-order chi connectivity index (χ1) is 5.72. The number of hydrogen-bond donors (Lipinski definition) is 0. The molecule has 0 aliphatic rings. The van der Waals surface area contributed by atoms with Crippen molar-refractivity contribution in [1.29, 1.82) is 0 Å². The average molecular weight is 161 g/mol. The fourth-order valence-electron chi connectivity index (χ4n) is 1.08. The quantitative estimate of drug-likeness (QED) is 0.619. The van der Waals surface area contributed by atoms with Crippen LogP contribution in [0.4, 0.5) is 0 Å². The van der Waals surface area contributed by atoms with Crippen molar-refractivity contribution in [1.82, 2.24) is 0 Å². The van der Waals surface area contributed by atoms with Gasteiger partial charge in [0.2, 0.25) is 0 Å². The van der Waals surface area contributed by atoms with Gasteiger partial charge in [-0.2, -0.15) is 0 Å². The molecule has 1 radical (unpaired) electrons.